The predicted molar refractivity (Wildman–Crippen MR) is 67.6 cm³/mol. The molecule has 3 rings (SSSR count). The molecule has 0 aromatic carbocycles. The molecule has 1 N–H and O–H groups in total. The molecular formula is C11H12N4OS. The molecule has 0 spiro atoms. The number of hydrogen-bond acceptors (Lipinski definition) is 5. The number of hydrogen-bond donors (Lipinski definition) is 2. The number of pyridine rings is 1. The van der Waals surface area contributed by atoms with Gasteiger partial charge in [0.15, 0.2) is 0 Å². The van der Waals surface area contributed by atoms with Crippen LogP contribution in [0.4, 0.5) is 5.82 Å². The molecule has 5 nitrogen and oxygen atoms in total. The van der Waals surface area contributed by atoms with Crippen molar-refractivity contribution < 1.29 is 4.74 Å². The van der Waals surface area contributed by atoms with Gasteiger partial charge in [-0.25, -0.2) is 4.98 Å². The molecule has 0 aliphatic carbocycles. The molecule has 0 bridgehead atoms. The highest BCUT2D eigenvalue weighted by Gasteiger charge is 2.30. The summed E-state index contributed by atoms with van der Waals surface area (Å²) in [4.78, 5) is 4.37. The van der Waals surface area contributed by atoms with E-state index in [1.807, 2.05) is 22.8 Å². The van der Waals surface area contributed by atoms with Crippen molar-refractivity contribution in [3.63, 3.8) is 0 Å². The summed E-state index contributed by atoms with van der Waals surface area (Å²) < 4.78 is 7.06. The summed E-state index contributed by atoms with van der Waals surface area (Å²) in [5.74, 6) is 1.89. The molecule has 1 unspecified atom stereocenters. The number of aromatic nitrogens is 3. The van der Waals surface area contributed by atoms with Crippen molar-refractivity contribution in [3.05, 3.63) is 35.8 Å². The van der Waals surface area contributed by atoms with E-state index in [1.165, 1.54) is 0 Å². The van der Waals surface area contributed by atoms with Crippen LogP contribution in [0.5, 0.6) is 5.75 Å². The van der Waals surface area contributed by atoms with Crippen LogP contribution < -0.4 is 9.04 Å². The summed E-state index contributed by atoms with van der Waals surface area (Å²) in [6, 6.07) is 2.01. The fourth-order valence-electron chi connectivity index (χ4n) is 2.13. The number of ether oxygens (including phenoxy) is 1. The highest BCUT2D eigenvalue weighted by molar-refractivity contribution is 7.81. The van der Waals surface area contributed by atoms with Crippen molar-refractivity contribution in [1.82, 2.24) is 15.2 Å². The smallest absolute Gasteiger partial charge is 0.142 e. The van der Waals surface area contributed by atoms with E-state index < -0.39 is 0 Å². The van der Waals surface area contributed by atoms with Crippen LogP contribution in [0.2, 0.25) is 0 Å². The number of fused-ring (bicyclic) bond motifs is 1. The van der Waals surface area contributed by atoms with E-state index >= 15 is 0 Å². The minimum absolute atomic E-state index is 0.240. The van der Waals surface area contributed by atoms with E-state index in [9.17, 15) is 0 Å². The van der Waals surface area contributed by atoms with Crippen LogP contribution in [0.25, 0.3) is 0 Å². The second-order valence-electron chi connectivity index (χ2n) is 3.95. The van der Waals surface area contributed by atoms with Gasteiger partial charge in [0.2, 0.25) is 0 Å². The average Bonchev–Trinajstić information content (AvgIpc) is 2.97. The second kappa shape index (κ2) is 3.96. The van der Waals surface area contributed by atoms with Crippen molar-refractivity contribution in [2.45, 2.75) is 5.92 Å². The third-order valence-electron chi connectivity index (χ3n) is 3.00. The lowest BCUT2D eigenvalue weighted by Crippen LogP contribution is -2.10. The Morgan fingerprint density at radius 1 is 1.53 bits per heavy atom. The van der Waals surface area contributed by atoms with Gasteiger partial charge in [0.05, 0.1) is 19.5 Å². The number of H-pyrrole nitrogens is 1. The maximum atomic E-state index is 5.21. The number of anilines is 1. The van der Waals surface area contributed by atoms with Crippen LogP contribution in [0, 0.1) is 0 Å². The molecule has 0 saturated carbocycles. The Kier molecular flexibility index (Phi) is 2.44. The standard InChI is InChI=1S/C11H12N4OS/c1-16-8-2-9-10(7-3-13-14-4-7)6-15(17)11(9)12-5-8/h2-5,10,17H,6H2,1H3,(H,13,14). The van der Waals surface area contributed by atoms with Crippen LogP contribution in [0.15, 0.2) is 24.7 Å². The average molecular weight is 248 g/mol. The van der Waals surface area contributed by atoms with Gasteiger partial charge >= 0.3 is 0 Å². The Labute approximate surface area is 104 Å². The second-order valence-corrected chi connectivity index (χ2v) is 4.44. The van der Waals surface area contributed by atoms with Gasteiger partial charge in [0.25, 0.3) is 0 Å². The quantitative estimate of drug-likeness (QED) is 0.793. The molecule has 0 radical (unpaired) electrons. The number of nitrogens with one attached hydrogen (secondary N) is 1. The maximum Gasteiger partial charge on any atom is 0.142 e. The molecule has 0 saturated heterocycles. The van der Waals surface area contributed by atoms with Crippen molar-refractivity contribution in [2.75, 3.05) is 18.0 Å². The molecule has 0 fully saturated rings. The highest BCUT2D eigenvalue weighted by atomic mass is 32.1. The summed E-state index contributed by atoms with van der Waals surface area (Å²) >= 11 is 4.42. The van der Waals surface area contributed by atoms with Crippen molar-refractivity contribution >= 4 is 18.6 Å². The Morgan fingerprint density at radius 2 is 2.41 bits per heavy atom. The van der Waals surface area contributed by atoms with Gasteiger partial charge in [-0.2, -0.15) is 5.10 Å². The van der Waals surface area contributed by atoms with Gasteiger partial charge < -0.3 is 9.04 Å². The summed E-state index contributed by atoms with van der Waals surface area (Å²) in [7, 11) is 1.64. The van der Waals surface area contributed by atoms with E-state index in [4.69, 9.17) is 4.74 Å². The SMILES string of the molecule is COc1cnc2c(c1)C(c1cn[nH]c1)CN2S. The van der Waals surface area contributed by atoms with E-state index in [2.05, 4.69) is 28.0 Å². The first-order chi connectivity index (χ1) is 8.29. The third kappa shape index (κ3) is 1.64. The number of nitrogens with zero attached hydrogens (tertiary/aromatic N) is 3. The molecule has 2 aromatic heterocycles. The van der Waals surface area contributed by atoms with Crippen LogP contribution in [-0.4, -0.2) is 28.8 Å². The molecule has 0 amide bonds. The first-order valence-electron chi connectivity index (χ1n) is 5.28. The maximum absolute atomic E-state index is 5.21. The van der Waals surface area contributed by atoms with Crippen molar-refractivity contribution in [2.24, 2.45) is 0 Å². The fourth-order valence-corrected chi connectivity index (χ4v) is 2.46. The Hall–Kier alpha value is -1.69. The summed E-state index contributed by atoms with van der Waals surface area (Å²) in [5, 5.41) is 6.82. The number of rotatable bonds is 2. The highest BCUT2D eigenvalue weighted by Crippen LogP contribution is 2.40. The first kappa shape index (κ1) is 10.5. The van der Waals surface area contributed by atoms with Gasteiger partial charge in [-0.05, 0) is 11.6 Å². The van der Waals surface area contributed by atoms with Crippen LogP contribution >= 0.6 is 12.8 Å². The lowest BCUT2D eigenvalue weighted by Gasteiger charge is -2.08. The first-order valence-corrected chi connectivity index (χ1v) is 5.68. The topological polar surface area (TPSA) is 54.0 Å². The summed E-state index contributed by atoms with van der Waals surface area (Å²) in [6.07, 6.45) is 5.45. The van der Waals surface area contributed by atoms with Gasteiger partial charge in [0.1, 0.15) is 11.6 Å². The molecule has 88 valence electrons. The Morgan fingerprint density at radius 3 is 3.12 bits per heavy atom. The van der Waals surface area contributed by atoms with E-state index in [1.54, 1.807) is 13.3 Å². The fraction of sp³-hybridized carbons (Fsp3) is 0.273. The zero-order valence-electron chi connectivity index (χ0n) is 9.29. The number of aromatic amines is 1. The summed E-state index contributed by atoms with van der Waals surface area (Å²) in [5.41, 5.74) is 2.26. The summed E-state index contributed by atoms with van der Waals surface area (Å²) in [6.45, 7) is 0.790. The lowest BCUT2D eigenvalue weighted by molar-refractivity contribution is 0.412. The molecule has 1 aliphatic rings. The number of thiol groups is 1. The van der Waals surface area contributed by atoms with Gasteiger partial charge in [-0.1, -0.05) is 12.8 Å². The largest absolute Gasteiger partial charge is 0.495 e. The van der Waals surface area contributed by atoms with Crippen molar-refractivity contribution in [1.29, 1.82) is 0 Å². The zero-order valence-corrected chi connectivity index (χ0v) is 10.2. The molecular weight excluding hydrogens is 236 g/mol. The minimum atomic E-state index is 0.240. The van der Waals surface area contributed by atoms with Crippen LogP contribution in [0.3, 0.4) is 0 Å². The van der Waals surface area contributed by atoms with Gasteiger partial charge in [0, 0.05) is 24.2 Å². The Balaban J connectivity index is 2.08. The molecule has 1 atom stereocenters. The van der Waals surface area contributed by atoms with Crippen molar-refractivity contribution in [3.8, 4) is 5.75 Å². The Bertz CT molecular complexity index is 528. The zero-order chi connectivity index (χ0) is 11.8. The third-order valence-corrected chi connectivity index (χ3v) is 3.36. The van der Waals surface area contributed by atoms with Crippen LogP contribution in [-0.2, 0) is 0 Å². The van der Waals surface area contributed by atoms with Crippen LogP contribution in [0.1, 0.15) is 17.0 Å². The molecule has 17 heavy (non-hydrogen) atoms. The normalized spacial score (nSPS) is 18.2. The predicted octanol–water partition coefficient (Wildman–Crippen LogP) is 1.61. The van der Waals surface area contributed by atoms with E-state index in [0.717, 1.165) is 29.2 Å². The van der Waals surface area contributed by atoms with Gasteiger partial charge in [-0.15, -0.1) is 0 Å². The molecule has 3 heterocycles. The van der Waals surface area contributed by atoms with E-state index in [0.29, 0.717) is 0 Å². The van der Waals surface area contributed by atoms with Gasteiger partial charge in [-0.3, -0.25) is 5.10 Å². The number of methoxy groups -OCH3 is 1. The lowest BCUT2D eigenvalue weighted by atomic mass is 9.97. The molecule has 6 heteroatoms. The molecule has 1 aliphatic heterocycles. The molecule has 2 aromatic rings. The van der Waals surface area contributed by atoms with E-state index in [-0.39, 0.29) is 5.92 Å². The monoisotopic (exact) mass is 248 g/mol. The minimum Gasteiger partial charge on any atom is -0.495 e.